The quantitative estimate of drug-likeness (QED) is 0.546. The molecule has 0 aliphatic carbocycles. The standard InChI is InChI=1S/C19H21BrN2O4/c1-4-26-17(23)11-15(13-8-6-5-7-12(13)2)22-19(24)14-9-10-16(25-3)18(20)21-14/h5-10,15H,4,11H2,1-3H3,(H,22,24)/t15-/m0/s1. The van der Waals surface area contributed by atoms with Crippen LogP contribution in [0.4, 0.5) is 0 Å². The predicted octanol–water partition coefficient (Wildman–Crippen LogP) is 3.59. The van der Waals surface area contributed by atoms with Crippen molar-refractivity contribution in [3.63, 3.8) is 0 Å². The minimum atomic E-state index is -0.509. The van der Waals surface area contributed by atoms with Crippen LogP contribution < -0.4 is 10.1 Å². The van der Waals surface area contributed by atoms with E-state index in [1.807, 2.05) is 31.2 Å². The molecule has 0 unspecified atom stereocenters. The van der Waals surface area contributed by atoms with Gasteiger partial charge in [0.15, 0.2) is 5.75 Å². The summed E-state index contributed by atoms with van der Waals surface area (Å²) < 4.78 is 10.6. The maximum atomic E-state index is 12.6. The number of hydrogen-bond acceptors (Lipinski definition) is 5. The van der Waals surface area contributed by atoms with Gasteiger partial charge in [0.1, 0.15) is 10.3 Å². The van der Waals surface area contributed by atoms with E-state index in [4.69, 9.17) is 9.47 Å². The number of aromatic nitrogens is 1. The van der Waals surface area contributed by atoms with Crippen molar-refractivity contribution in [3.05, 3.63) is 57.8 Å². The van der Waals surface area contributed by atoms with Gasteiger partial charge in [-0.1, -0.05) is 24.3 Å². The van der Waals surface area contributed by atoms with Crippen LogP contribution in [0.5, 0.6) is 5.75 Å². The van der Waals surface area contributed by atoms with Crippen LogP contribution in [-0.4, -0.2) is 30.6 Å². The van der Waals surface area contributed by atoms with Crippen LogP contribution >= 0.6 is 15.9 Å². The van der Waals surface area contributed by atoms with Crippen molar-refractivity contribution in [2.75, 3.05) is 13.7 Å². The maximum absolute atomic E-state index is 12.6. The second kappa shape index (κ2) is 9.33. The lowest BCUT2D eigenvalue weighted by atomic mass is 9.98. The molecule has 1 heterocycles. The Balaban J connectivity index is 2.25. The number of nitrogens with one attached hydrogen (secondary N) is 1. The first-order chi connectivity index (χ1) is 12.5. The van der Waals surface area contributed by atoms with Crippen LogP contribution in [0.3, 0.4) is 0 Å². The van der Waals surface area contributed by atoms with Crippen LogP contribution in [0, 0.1) is 6.92 Å². The molecule has 1 amide bonds. The third-order valence-corrected chi connectivity index (χ3v) is 4.38. The van der Waals surface area contributed by atoms with E-state index in [0.29, 0.717) is 17.0 Å². The molecule has 2 rings (SSSR count). The molecular weight excluding hydrogens is 400 g/mol. The van der Waals surface area contributed by atoms with Gasteiger partial charge in [-0.05, 0) is 53.0 Å². The summed E-state index contributed by atoms with van der Waals surface area (Å²) in [5.74, 6) is -0.223. The molecule has 0 aliphatic heterocycles. The molecule has 6 nitrogen and oxygen atoms in total. The molecule has 1 N–H and O–H groups in total. The van der Waals surface area contributed by atoms with Gasteiger partial charge in [-0.3, -0.25) is 9.59 Å². The highest BCUT2D eigenvalue weighted by atomic mass is 79.9. The number of carbonyl (C=O) groups excluding carboxylic acids is 2. The lowest BCUT2D eigenvalue weighted by molar-refractivity contribution is -0.143. The summed E-state index contributed by atoms with van der Waals surface area (Å²) in [5.41, 5.74) is 2.06. The zero-order chi connectivity index (χ0) is 19.1. The number of ether oxygens (including phenoxy) is 2. The van der Waals surface area contributed by atoms with Crippen molar-refractivity contribution >= 4 is 27.8 Å². The lowest BCUT2D eigenvalue weighted by Crippen LogP contribution is -2.31. The molecule has 0 radical (unpaired) electrons. The summed E-state index contributed by atoms with van der Waals surface area (Å²) in [4.78, 5) is 28.8. The number of hydrogen-bond donors (Lipinski definition) is 1. The van der Waals surface area contributed by atoms with Gasteiger partial charge in [0.25, 0.3) is 5.91 Å². The normalized spacial score (nSPS) is 11.5. The topological polar surface area (TPSA) is 77.5 Å². The Morgan fingerprint density at radius 2 is 1.96 bits per heavy atom. The van der Waals surface area contributed by atoms with Gasteiger partial charge in [-0.15, -0.1) is 0 Å². The summed E-state index contributed by atoms with van der Waals surface area (Å²) in [7, 11) is 1.52. The van der Waals surface area contributed by atoms with Crippen LogP contribution in [0.25, 0.3) is 0 Å². The van der Waals surface area contributed by atoms with Crippen LogP contribution in [0.15, 0.2) is 41.0 Å². The molecule has 1 aromatic carbocycles. The zero-order valence-corrected chi connectivity index (χ0v) is 16.5. The molecule has 0 aliphatic rings. The fraction of sp³-hybridized carbons (Fsp3) is 0.316. The number of amides is 1. The van der Waals surface area contributed by atoms with Gasteiger partial charge in [0.2, 0.25) is 0 Å². The fourth-order valence-corrected chi connectivity index (χ4v) is 3.02. The number of pyridine rings is 1. The molecule has 138 valence electrons. The van der Waals surface area contributed by atoms with Crippen LogP contribution in [0.2, 0.25) is 0 Å². The highest BCUT2D eigenvalue weighted by molar-refractivity contribution is 9.10. The molecule has 0 bridgehead atoms. The first kappa shape index (κ1) is 19.9. The minimum Gasteiger partial charge on any atom is -0.494 e. The first-order valence-electron chi connectivity index (χ1n) is 8.18. The van der Waals surface area contributed by atoms with Gasteiger partial charge in [0, 0.05) is 0 Å². The fourth-order valence-electron chi connectivity index (χ4n) is 2.54. The molecule has 1 atom stereocenters. The molecule has 0 saturated carbocycles. The summed E-state index contributed by atoms with van der Waals surface area (Å²) in [6, 6.07) is 10.3. The van der Waals surface area contributed by atoms with E-state index < -0.39 is 6.04 Å². The lowest BCUT2D eigenvalue weighted by Gasteiger charge is -2.20. The van der Waals surface area contributed by atoms with Crippen LogP contribution in [0.1, 0.15) is 41.0 Å². The van der Waals surface area contributed by atoms with E-state index in [1.54, 1.807) is 19.1 Å². The van der Waals surface area contributed by atoms with Crippen molar-refractivity contribution in [2.45, 2.75) is 26.3 Å². The van der Waals surface area contributed by atoms with Crippen molar-refractivity contribution in [1.82, 2.24) is 10.3 Å². The maximum Gasteiger partial charge on any atom is 0.308 e. The number of benzene rings is 1. The van der Waals surface area contributed by atoms with Gasteiger partial charge in [-0.25, -0.2) is 4.98 Å². The van der Waals surface area contributed by atoms with Gasteiger partial charge in [-0.2, -0.15) is 0 Å². The number of carbonyl (C=O) groups is 2. The Hall–Kier alpha value is -2.41. The second-order valence-corrected chi connectivity index (χ2v) is 6.33. The van der Waals surface area contributed by atoms with E-state index in [-0.39, 0.29) is 24.0 Å². The minimum absolute atomic E-state index is 0.0434. The average molecular weight is 421 g/mol. The van der Waals surface area contributed by atoms with E-state index in [0.717, 1.165) is 11.1 Å². The van der Waals surface area contributed by atoms with E-state index in [2.05, 4.69) is 26.2 Å². The van der Waals surface area contributed by atoms with E-state index in [1.165, 1.54) is 7.11 Å². The summed E-state index contributed by atoms with van der Waals surface area (Å²) in [5, 5.41) is 2.88. The Bertz CT molecular complexity index is 795. The second-order valence-electron chi connectivity index (χ2n) is 5.58. The molecule has 26 heavy (non-hydrogen) atoms. The van der Waals surface area contributed by atoms with Crippen molar-refractivity contribution in [3.8, 4) is 5.75 Å². The summed E-state index contributed by atoms with van der Waals surface area (Å²) in [6.07, 6.45) is 0.0434. The van der Waals surface area contributed by atoms with Gasteiger partial charge in [0.05, 0.1) is 26.2 Å². The Kier molecular flexibility index (Phi) is 7.15. The molecule has 7 heteroatoms. The summed E-state index contributed by atoms with van der Waals surface area (Å²) in [6.45, 7) is 3.97. The molecular formula is C19H21BrN2O4. The van der Waals surface area contributed by atoms with Crippen molar-refractivity contribution in [2.24, 2.45) is 0 Å². The predicted molar refractivity (Wildman–Crippen MR) is 101 cm³/mol. The largest absolute Gasteiger partial charge is 0.494 e. The van der Waals surface area contributed by atoms with Gasteiger partial charge < -0.3 is 14.8 Å². The van der Waals surface area contributed by atoms with E-state index >= 15 is 0 Å². The Morgan fingerprint density at radius 3 is 2.58 bits per heavy atom. The monoisotopic (exact) mass is 420 g/mol. The van der Waals surface area contributed by atoms with Crippen molar-refractivity contribution in [1.29, 1.82) is 0 Å². The third-order valence-electron chi connectivity index (χ3n) is 3.81. The number of nitrogens with zero attached hydrogens (tertiary/aromatic N) is 1. The zero-order valence-electron chi connectivity index (χ0n) is 14.9. The highest BCUT2D eigenvalue weighted by Gasteiger charge is 2.22. The molecule has 0 spiro atoms. The SMILES string of the molecule is CCOC(=O)C[C@H](NC(=O)c1ccc(OC)c(Br)n1)c1ccccc1C. The van der Waals surface area contributed by atoms with Crippen LogP contribution in [-0.2, 0) is 9.53 Å². The molecule has 2 aromatic rings. The molecule has 1 aromatic heterocycles. The Labute approximate surface area is 161 Å². The highest BCUT2D eigenvalue weighted by Crippen LogP contribution is 2.24. The number of rotatable bonds is 7. The molecule has 0 fully saturated rings. The Morgan fingerprint density at radius 1 is 1.23 bits per heavy atom. The number of halogens is 1. The molecule has 0 saturated heterocycles. The average Bonchev–Trinajstić information content (AvgIpc) is 2.61. The number of esters is 1. The van der Waals surface area contributed by atoms with Crippen molar-refractivity contribution < 1.29 is 19.1 Å². The summed E-state index contributed by atoms with van der Waals surface area (Å²) >= 11 is 3.27. The van der Waals surface area contributed by atoms with E-state index in [9.17, 15) is 9.59 Å². The smallest absolute Gasteiger partial charge is 0.308 e. The number of methoxy groups -OCH3 is 1. The third kappa shape index (κ3) is 5.05. The number of aryl methyl sites for hydroxylation is 1. The van der Waals surface area contributed by atoms with Gasteiger partial charge >= 0.3 is 5.97 Å². The first-order valence-corrected chi connectivity index (χ1v) is 8.98.